The molecule has 3 aromatic carbocycles. The predicted molar refractivity (Wildman–Crippen MR) is 118 cm³/mol. The van der Waals surface area contributed by atoms with E-state index in [1.807, 2.05) is 60.7 Å². The highest BCUT2D eigenvalue weighted by Crippen LogP contribution is 2.44. The van der Waals surface area contributed by atoms with Crippen molar-refractivity contribution in [2.45, 2.75) is 12.3 Å². The molecule has 0 fully saturated rings. The number of amides is 1. The Morgan fingerprint density at radius 1 is 0.931 bits per heavy atom. The highest BCUT2D eigenvalue weighted by Gasteiger charge is 2.28. The zero-order chi connectivity index (χ0) is 20.1. The zero-order valence-corrected chi connectivity index (χ0v) is 16.2. The Balaban J connectivity index is 1.29. The summed E-state index contributed by atoms with van der Waals surface area (Å²) < 4.78 is 5.53. The Kier molecular flexibility index (Phi) is 5.61. The molecule has 4 nitrogen and oxygen atoms in total. The van der Waals surface area contributed by atoms with E-state index < -0.39 is 0 Å². The Labute approximate surface area is 171 Å². The number of alkyl carbamates (subject to hydrolysis) is 1. The number of nitrogens with two attached hydrogens (primary N) is 1. The number of carbonyl (C=O) groups is 1. The van der Waals surface area contributed by atoms with Crippen LogP contribution >= 0.6 is 0 Å². The van der Waals surface area contributed by atoms with E-state index in [4.69, 9.17) is 10.5 Å². The number of nitrogen functional groups attached to an aromatic ring is 1. The lowest BCUT2D eigenvalue weighted by Crippen LogP contribution is -2.26. The van der Waals surface area contributed by atoms with Crippen LogP contribution in [0.15, 0.2) is 78.9 Å². The number of fused-ring (bicyclic) bond motifs is 3. The van der Waals surface area contributed by atoms with Gasteiger partial charge in [-0.05, 0) is 40.3 Å². The minimum atomic E-state index is -0.389. The average molecular weight is 384 g/mol. The van der Waals surface area contributed by atoms with Crippen molar-refractivity contribution in [2.75, 3.05) is 18.9 Å². The molecule has 1 aliphatic carbocycles. The summed E-state index contributed by atoms with van der Waals surface area (Å²) in [4.78, 5) is 12.1. The van der Waals surface area contributed by atoms with Gasteiger partial charge in [-0.15, -0.1) is 0 Å². The fourth-order valence-electron chi connectivity index (χ4n) is 3.78. The van der Waals surface area contributed by atoms with Crippen LogP contribution in [0.5, 0.6) is 0 Å². The van der Waals surface area contributed by atoms with Gasteiger partial charge in [0.25, 0.3) is 0 Å². The summed E-state index contributed by atoms with van der Waals surface area (Å²) in [5.74, 6) is 0.0779. The number of benzene rings is 3. The van der Waals surface area contributed by atoms with Gasteiger partial charge in [-0.1, -0.05) is 78.9 Å². The monoisotopic (exact) mass is 384 g/mol. The van der Waals surface area contributed by atoms with E-state index in [1.165, 1.54) is 22.3 Å². The van der Waals surface area contributed by atoms with Crippen molar-refractivity contribution in [3.05, 3.63) is 95.6 Å². The van der Waals surface area contributed by atoms with Crippen LogP contribution in [0.2, 0.25) is 0 Å². The van der Waals surface area contributed by atoms with Gasteiger partial charge < -0.3 is 15.8 Å². The van der Waals surface area contributed by atoms with Crippen LogP contribution in [0.4, 0.5) is 10.5 Å². The van der Waals surface area contributed by atoms with Crippen LogP contribution in [-0.4, -0.2) is 19.2 Å². The van der Waals surface area contributed by atoms with Crippen molar-refractivity contribution in [2.24, 2.45) is 0 Å². The topological polar surface area (TPSA) is 64.3 Å². The third-order valence-corrected chi connectivity index (χ3v) is 5.22. The van der Waals surface area contributed by atoms with Gasteiger partial charge in [0.2, 0.25) is 0 Å². The molecule has 4 heteroatoms. The van der Waals surface area contributed by atoms with E-state index in [1.54, 1.807) is 0 Å². The van der Waals surface area contributed by atoms with Gasteiger partial charge >= 0.3 is 6.09 Å². The summed E-state index contributed by atoms with van der Waals surface area (Å²) in [6.45, 7) is 0.843. The molecular formula is C25H24N2O2. The molecule has 0 saturated carbocycles. The third kappa shape index (κ3) is 4.16. The standard InChI is InChI=1S/C25H24N2O2/c26-24-15-6-1-9-18(24)10-7-8-16-27-25(28)29-17-23-21-13-4-2-11-19(21)20-12-3-5-14-22(20)23/h1-7,9-15,23H,8,16-17,26H2,(H,27,28). The number of nitrogens with one attached hydrogen (secondary N) is 1. The van der Waals surface area contributed by atoms with Gasteiger partial charge in [-0.2, -0.15) is 0 Å². The highest BCUT2D eigenvalue weighted by atomic mass is 16.5. The van der Waals surface area contributed by atoms with Crippen LogP contribution in [-0.2, 0) is 4.74 Å². The zero-order valence-electron chi connectivity index (χ0n) is 16.2. The molecule has 0 heterocycles. The van der Waals surface area contributed by atoms with Crippen molar-refractivity contribution >= 4 is 17.9 Å². The summed E-state index contributed by atoms with van der Waals surface area (Å²) in [7, 11) is 0. The van der Waals surface area contributed by atoms with Gasteiger partial charge in [-0.3, -0.25) is 0 Å². The van der Waals surface area contributed by atoms with Crippen LogP contribution < -0.4 is 11.1 Å². The van der Waals surface area contributed by atoms with Crippen LogP contribution in [0.1, 0.15) is 29.0 Å². The van der Waals surface area contributed by atoms with Crippen molar-refractivity contribution in [1.29, 1.82) is 0 Å². The molecule has 29 heavy (non-hydrogen) atoms. The van der Waals surface area contributed by atoms with Crippen molar-refractivity contribution < 1.29 is 9.53 Å². The number of ether oxygens (including phenoxy) is 1. The van der Waals surface area contributed by atoms with E-state index in [0.717, 1.165) is 11.3 Å². The second-order valence-electron chi connectivity index (χ2n) is 7.07. The molecular weight excluding hydrogens is 360 g/mol. The molecule has 1 amide bonds. The molecule has 3 N–H and O–H groups in total. The van der Waals surface area contributed by atoms with Gasteiger partial charge in [-0.25, -0.2) is 4.79 Å². The number of anilines is 1. The molecule has 0 saturated heterocycles. The van der Waals surface area contributed by atoms with Crippen LogP contribution in [0.25, 0.3) is 17.2 Å². The highest BCUT2D eigenvalue weighted by molar-refractivity contribution is 5.79. The van der Waals surface area contributed by atoms with Gasteiger partial charge in [0.05, 0.1) is 0 Å². The summed E-state index contributed by atoms with van der Waals surface area (Å²) in [6, 6.07) is 24.3. The number of para-hydroxylation sites is 1. The maximum absolute atomic E-state index is 12.1. The Morgan fingerprint density at radius 2 is 1.55 bits per heavy atom. The van der Waals surface area contributed by atoms with Gasteiger partial charge in [0, 0.05) is 18.2 Å². The largest absolute Gasteiger partial charge is 0.449 e. The van der Waals surface area contributed by atoms with E-state index in [-0.39, 0.29) is 12.0 Å². The molecule has 1 aliphatic rings. The van der Waals surface area contributed by atoms with Crippen molar-refractivity contribution in [3.63, 3.8) is 0 Å². The second-order valence-corrected chi connectivity index (χ2v) is 7.07. The maximum Gasteiger partial charge on any atom is 0.407 e. The summed E-state index contributed by atoms with van der Waals surface area (Å²) in [5, 5.41) is 2.81. The quantitative estimate of drug-likeness (QED) is 0.453. The minimum Gasteiger partial charge on any atom is -0.449 e. The molecule has 0 aliphatic heterocycles. The normalized spacial score (nSPS) is 12.6. The third-order valence-electron chi connectivity index (χ3n) is 5.22. The fourth-order valence-corrected chi connectivity index (χ4v) is 3.78. The molecule has 3 aromatic rings. The van der Waals surface area contributed by atoms with Gasteiger partial charge in [0.15, 0.2) is 0 Å². The SMILES string of the molecule is Nc1ccccc1C=CCCNC(=O)OCC1c2ccccc2-c2ccccc21. The first kappa shape index (κ1) is 18.8. The molecule has 146 valence electrons. The lowest BCUT2D eigenvalue weighted by atomic mass is 9.98. The molecule has 0 atom stereocenters. The number of hydrogen-bond acceptors (Lipinski definition) is 3. The van der Waals surface area contributed by atoms with Crippen LogP contribution in [0, 0.1) is 0 Å². The first-order valence-electron chi connectivity index (χ1n) is 9.84. The van der Waals surface area contributed by atoms with E-state index >= 15 is 0 Å². The number of carbonyl (C=O) groups excluding carboxylic acids is 1. The molecule has 4 rings (SSSR count). The molecule has 0 aromatic heterocycles. The lowest BCUT2D eigenvalue weighted by Gasteiger charge is -2.14. The average Bonchev–Trinajstić information content (AvgIpc) is 3.07. The van der Waals surface area contributed by atoms with Crippen molar-refractivity contribution in [1.82, 2.24) is 5.32 Å². The first-order valence-corrected chi connectivity index (χ1v) is 9.84. The van der Waals surface area contributed by atoms with E-state index in [9.17, 15) is 4.79 Å². The lowest BCUT2D eigenvalue weighted by molar-refractivity contribution is 0.143. The van der Waals surface area contributed by atoms with E-state index in [2.05, 4.69) is 29.6 Å². The Bertz CT molecular complexity index is 997. The molecule has 0 radical (unpaired) electrons. The Morgan fingerprint density at radius 3 is 2.24 bits per heavy atom. The molecule has 0 spiro atoms. The second kappa shape index (κ2) is 8.65. The molecule has 0 unspecified atom stereocenters. The number of hydrogen-bond donors (Lipinski definition) is 2. The molecule has 0 bridgehead atoms. The number of rotatable bonds is 6. The fraction of sp³-hybridized carbons (Fsp3) is 0.160. The van der Waals surface area contributed by atoms with Crippen molar-refractivity contribution in [3.8, 4) is 11.1 Å². The summed E-state index contributed by atoms with van der Waals surface area (Å²) in [6.07, 6.45) is 4.28. The maximum atomic E-state index is 12.1. The van der Waals surface area contributed by atoms with Gasteiger partial charge in [0.1, 0.15) is 6.61 Å². The van der Waals surface area contributed by atoms with Crippen LogP contribution in [0.3, 0.4) is 0 Å². The smallest absolute Gasteiger partial charge is 0.407 e. The first-order chi connectivity index (χ1) is 14.2. The summed E-state index contributed by atoms with van der Waals surface area (Å²) in [5.41, 5.74) is 12.5. The predicted octanol–water partition coefficient (Wildman–Crippen LogP) is 5.21. The summed E-state index contributed by atoms with van der Waals surface area (Å²) >= 11 is 0. The Hall–Kier alpha value is -3.53. The minimum absolute atomic E-state index is 0.0779. The van der Waals surface area contributed by atoms with E-state index in [0.29, 0.717) is 19.6 Å².